The molecule has 0 fully saturated rings. The van der Waals surface area contributed by atoms with Gasteiger partial charge >= 0.3 is 0 Å². The van der Waals surface area contributed by atoms with E-state index in [9.17, 15) is 9.59 Å². The predicted molar refractivity (Wildman–Crippen MR) is 142 cm³/mol. The number of benzene rings is 2. The average Bonchev–Trinajstić information content (AvgIpc) is 3.20. The molecule has 1 aromatic heterocycles. The summed E-state index contributed by atoms with van der Waals surface area (Å²) in [7, 11) is 3.91. The predicted octanol–water partition coefficient (Wildman–Crippen LogP) is 4.53. The van der Waals surface area contributed by atoms with Gasteiger partial charge in [0.25, 0.3) is 0 Å². The third kappa shape index (κ3) is 7.52. The molecule has 1 heterocycles. The van der Waals surface area contributed by atoms with E-state index in [0.717, 1.165) is 22.5 Å². The Hall–Kier alpha value is -3.45. The minimum atomic E-state index is -0.268. The second-order valence-electron chi connectivity index (χ2n) is 9.79. The zero-order chi connectivity index (χ0) is 25.5. The maximum absolute atomic E-state index is 13.1. The molecule has 35 heavy (non-hydrogen) atoms. The van der Waals surface area contributed by atoms with Crippen LogP contribution in [0.1, 0.15) is 31.4 Å². The van der Waals surface area contributed by atoms with Gasteiger partial charge in [-0.15, -0.1) is 0 Å². The van der Waals surface area contributed by atoms with Gasteiger partial charge in [-0.3, -0.25) is 19.5 Å². The maximum atomic E-state index is 13.1. The first-order valence-corrected chi connectivity index (χ1v) is 12.1. The summed E-state index contributed by atoms with van der Waals surface area (Å²) in [6, 6.07) is 16.2. The molecule has 0 aliphatic heterocycles. The largest absolute Gasteiger partial charge is 0.332 e. The lowest BCUT2D eigenvalue weighted by Crippen LogP contribution is -2.42. The van der Waals surface area contributed by atoms with Crippen LogP contribution in [-0.2, 0) is 9.59 Å². The first kappa shape index (κ1) is 26.2. The molecular formula is C28H37N5O2. The van der Waals surface area contributed by atoms with Gasteiger partial charge in [0.2, 0.25) is 17.8 Å². The van der Waals surface area contributed by atoms with E-state index in [-0.39, 0.29) is 24.3 Å². The molecule has 7 heteroatoms. The quantitative estimate of drug-likeness (QED) is 0.468. The van der Waals surface area contributed by atoms with Crippen LogP contribution in [-0.4, -0.2) is 64.9 Å². The van der Waals surface area contributed by atoms with Crippen LogP contribution in [0.3, 0.4) is 0 Å². The number of hydrogen-bond donors (Lipinski definition) is 1. The lowest BCUT2D eigenvalue weighted by atomic mass is 10.1. The normalized spacial score (nSPS) is 11.2. The first-order valence-electron chi connectivity index (χ1n) is 12.1. The Bertz CT molecular complexity index is 1130. The topological polar surface area (TPSA) is 70.5 Å². The molecule has 0 atom stereocenters. The molecule has 2 amide bonds. The van der Waals surface area contributed by atoms with Crippen molar-refractivity contribution < 1.29 is 9.59 Å². The molecule has 3 aromatic rings. The average molecular weight is 476 g/mol. The second-order valence-corrected chi connectivity index (χ2v) is 9.79. The Morgan fingerprint density at radius 3 is 2.11 bits per heavy atom. The number of amides is 2. The zero-order valence-electron chi connectivity index (χ0n) is 21.7. The molecule has 2 aromatic carbocycles. The van der Waals surface area contributed by atoms with E-state index in [1.165, 1.54) is 5.56 Å². The molecule has 0 radical (unpaired) electrons. The van der Waals surface area contributed by atoms with E-state index < -0.39 is 0 Å². The van der Waals surface area contributed by atoms with Crippen LogP contribution >= 0.6 is 0 Å². The number of imidazole rings is 1. The van der Waals surface area contributed by atoms with E-state index >= 15 is 0 Å². The first-order chi connectivity index (χ1) is 16.6. The highest BCUT2D eigenvalue weighted by Crippen LogP contribution is 2.25. The van der Waals surface area contributed by atoms with Crippen LogP contribution in [0.2, 0.25) is 0 Å². The van der Waals surface area contributed by atoms with Crippen molar-refractivity contribution in [2.24, 2.45) is 5.92 Å². The molecule has 0 saturated carbocycles. The number of likely N-dealkylation sites (N-methyl/N-ethyl adjacent to an activating group) is 1. The van der Waals surface area contributed by atoms with Crippen molar-refractivity contribution in [1.29, 1.82) is 0 Å². The zero-order valence-corrected chi connectivity index (χ0v) is 21.7. The van der Waals surface area contributed by atoms with Crippen molar-refractivity contribution in [2.75, 3.05) is 39.0 Å². The smallest absolute Gasteiger partial charge is 0.246 e. The van der Waals surface area contributed by atoms with Gasteiger partial charge in [-0.25, -0.2) is 4.98 Å². The summed E-state index contributed by atoms with van der Waals surface area (Å²) in [4.78, 5) is 34.3. The summed E-state index contributed by atoms with van der Waals surface area (Å²) in [6.07, 6.45) is 2.34. The minimum absolute atomic E-state index is 0.0139. The van der Waals surface area contributed by atoms with Crippen LogP contribution < -0.4 is 5.32 Å². The summed E-state index contributed by atoms with van der Waals surface area (Å²) in [5.74, 6) is 0.373. The lowest BCUT2D eigenvalue weighted by molar-refractivity contribution is -0.135. The Morgan fingerprint density at radius 1 is 0.943 bits per heavy atom. The fourth-order valence-electron chi connectivity index (χ4n) is 3.66. The molecule has 0 saturated heterocycles. The van der Waals surface area contributed by atoms with E-state index in [1.807, 2.05) is 106 Å². The molecule has 0 spiro atoms. The van der Waals surface area contributed by atoms with Gasteiger partial charge in [0.1, 0.15) is 0 Å². The maximum Gasteiger partial charge on any atom is 0.246 e. The van der Waals surface area contributed by atoms with Gasteiger partial charge < -0.3 is 9.80 Å². The van der Waals surface area contributed by atoms with Gasteiger partial charge in [-0.05, 0) is 46.0 Å². The number of carbonyl (C=O) groups excluding carboxylic acids is 2. The van der Waals surface area contributed by atoms with Crippen LogP contribution in [0, 0.1) is 19.8 Å². The van der Waals surface area contributed by atoms with Crippen LogP contribution in [0.25, 0.3) is 16.9 Å². The van der Waals surface area contributed by atoms with Crippen molar-refractivity contribution in [3.05, 3.63) is 65.9 Å². The minimum Gasteiger partial charge on any atom is -0.332 e. The fraction of sp³-hybridized carbons (Fsp3) is 0.393. The summed E-state index contributed by atoms with van der Waals surface area (Å²) >= 11 is 0. The molecule has 3 rings (SSSR count). The molecule has 0 aliphatic rings. The Labute approximate surface area is 208 Å². The highest BCUT2D eigenvalue weighted by Gasteiger charge is 2.20. The van der Waals surface area contributed by atoms with E-state index in [4.69, 9.17) is 4.98 Å². The number of carbonyl (C=O) groups is 2. The molecule has 186 valence electrons. The molecule has 0 bridgehead atoms. The molecule has 1 N–H and O–H groups in total. The van der Waals surface area contributed by atoms with Gasteiger partial charge in [0, 0.05) is 37.0 Å². The van der Waals surface area contributed by atoms with Crippen molar-refractivity contribution >= 4 is 17.8 Å². The molecular weight excluding hydrogens is 438 g/mol. The lowest BCUT2D eigenvalue weighted by Gasteiger charge is -2.24. The number of rotatable bonds is 10. The SMILES string of the molecule is Cc1ccc(-c2cn(-c3ccc(C)cc3)c(NC(=O)CN(CCN(C)C)C(=O)CC(C)C)n2)cc1. The Balaban J connectivity index is 1.87. The number of aryl methyl sites for hydroxylation is 2. The monoisotopic (exact) mass is 475 g/mol. The third-order valence-corrected chi connectivity index (χ3v) is 5.70. The van der Waals surface area contributed by atoms with Crippen LogP contribution in [0.4, 0.5) is 5.95 Å². The fourth-order valence-corrected chi connectivity index (χ4v) is 3.66. The van der Waals surface area contributed by atoms with Crippen LogP contribution in [0.15, 0.2) is 54.7 Å². The second kappa shape index (κ2) is 11.8. The number of hydrogen-bond acceptors (Lipinski definition) is 4. The van der Waals surface area contributed by atoms with Crippen molar-refractivity contribution in [3.63, 3.8) is 0 Å². The van der Waals surface area contributed by atoms with Gasteiger partial charge in [-0.1, -0.05) is 61.4 Å². The van der Waals surface area contributed by atoms with Crippen molar-refractivity contribution in [3.8, 4) is 16.9 Å². The number of anilines is 1. The third-order valence-electron chi connectivity index (χ3n) is 5.70. The number of nitrogens with one attached hydrogen (secondary N) is 1. The van der Waals surface area contributed by atoms with Gasteiger partial charge in [-0.2, -0.15) is 0 Å². The van der Waals surface area contributed by atoms with Crippen molar-refractivity contribution in [2.45, 2.75) is 34.1 Å². The summed E-state index contributed by atoms with van der Waals surface area (Å²) in [5.41, 5.74) is 4.96. The number of nitrogens with zero attached hydrogens (tertiary/aromatic N) is 4. The summed E-state index contributed by atoms with van der Waals surface area (Å²) < 4.78 is 1.88. The molecule has 0 unspecified atom stereocenters. The Kier molecular flexibility index (Phi) is 8.82. The van der Waals surface area contributed by atoms with E-state index in [2.05, 4.69) is 5.32 Å². The highest BCUT2D eigenvalue weighted by atomic mass is 16.2. The van der Waals surface area contributed by atoms with Crippen molar-refractivity contribution in [1.82, 2.24) is 19.4 Å². The van der Waals surface area contributed by atoms with Gasteiger partial charge in [0.15, 0.2) is 0 Å². The Morgan fingerprint density at radius 2 is 1.54 bits per heavy atom. The number of aromatic nitrogens is 2. The molecule has 7 nitrogen and oxygen atoms in total. The highest BCUT2D eigenvalue weighted by molar-refractivity contribution is 5.94. The summed E-state index contributed by atoms with van der Waals surface area (Å²) in [6.45, 7) is 9.26. The standard InChI is InChI=1S/C28H37N5O2/c1-20(2)17-27(35)32(16-15-31(5)6)19-26(34)30-28-29-25(23-11-7-21(3)8-12-23)18-33(28)24-13-9-22(4)10-14-24/h7-14,18,20H,15-17,19H2,1-6H3,(H,29,30,34). The van der Waals surface area contributed by atoms with E-state index in [1.54, 1.807) is 4.90 Å². The molecule has 0 aliphatic carbocycles. The summed E-state index contributed by atoms with van der Waals surface area (Å²) in [5, 5.41) is 2.96. The van der Waals surface area contributed by atoms with Crippen LogP contribution in [0.5, 0.6) is 0 Å². The van der Waals surface area contributed by atoms with Gasteiger partial charge in [0.05, 0.1) is 12.2 Å². The van der Waals surface area contributed by atoms with E-state index in [0.29, 0.717) is 25.5 Å².